The summed E-state index contributed by atoms with van der Waals surface area (Å²) in [5, 5.41) is 7.40. The number of hydrogen-bond acceptors (Lipinski definition) is 1. The van der Waals surface area contributed by atoms with Crippen molar-refractivity contribution in [1.29, 1.82) is 0 Å². The van der Waals surface area contributed by atoms with Crippen LogP contribution in [0.5, 0.6) is 0 Å². The number of hydrogen-bond donors (Lipinski definition) is 0. The number of anilines is 3. The van der Waals surface area contributed by atoms with Crippen LogP contribution in [0, 0.1) is 0 Å². The highest BCUT2D eigenvalue weighted by molar-refractivity contribution is 6.11. The van der Waals surface area contributed by atoms with Crippen LogP contribution in [-0.2, 0) is 0 Å². The van der Waals surface area contributed by atoms with Crippen LogP contribution in [0.15, 0.2) is 206 Å². The maximum atomic E-state index is 2.43. The summed E-state index contributed by atoms with van der Waals surface area (Å²) in [5.41, 5.74) is 11.6. The zero-order chi connectivity index (χ0) is 34.4. The van der Waals surface area contributed by atoms with Gasteiger partial charge >= 0.3 is 0 Å². The van der Waals surface area contributed by atoms with Gasteiger partial charge in [-0.25, -0.2) is 0 Å². The summed E-state index contributed by atoms with van der Waals surface area (Å²) in [6.45, 7) is 0. The molecule has 0 bridgehead atoms. The van der Waals surface area contributed by atoms with Gasteiger partial charge in [0.2, 0.25) is 0 Å². The van der Waals surface area contributed by atoms with E-state index in [4.69, 9.17) is 0 Å². The monoisotopic (exact) mass is 662 g/mol. The van der Waals surface area contributed by atoms with E-state index in [1.165, 1.54) is 65.6 Å². The van der Waals surface area contributed by atoms with E-state index in [9.17, 15) is 0 Å². The van der Waals surface area contributed by atoms with Crippen LogP contribution in [0.2, 0.25) is 0 Å². The number of nitrogens with zero attached hydrogens (tertiary/aromatic N) is 2. The molecular weight excluding hydrogens is 629 g/mol. The van der Waals surface area contributed by atoms with E-state index in [1.54, 1.807) is 0 Å². The van der Waals surface area contributed by atoms with Crippen molar-refractivity contribution in [2.75, 3.05) is 4.90 Å². The minimum atomic E-state index is 1.09. The fourth-order valence-electron chi connectivity index (χ4n) is 7.93. The quantitative estimate of drug-likeness (QED) is 0.172. The van der Waals surface area contributed by atoms with Gasteiger partial charge in [-0.2, -0.15) is 0 Å². The first-order valence-corrected chi connectivity index (χ1v) is 17.9. The van der Waals surface area contributed by atoms with Crippen molar-refractivity contribution >= 4 is 60.4 Å². The molecule has 10 rings (SSSR count). The number of rotatable bonds is 6. The van der Waals surface area contributed by atoms with Gasteiger partial charge in [0, 0.05) is 33.4 Å². The zero-order valence-electron chi connectivity index (χ0n) is 28.5. The van der Waals surface area contributed by atoms with E-state index in [0.717, 1.165) is 22.7 Å². The molecule has 0 aliphatic carbocycles. The predicted molar refractivity (Wildman–Crippen MR) is 221 cm³/mol. The number of benzene rings is 9. The van der Waals surface area contributed by atoms with E-state index in [0.29, 0.717) is 0 Å². The molecule has 0 saturated heterocycles. The molecule has 0 radical (unpaired) electrons. The van der Waals surface area contributed by atoms with Crippen LogP contribution in [0.3, 0.4) is 0 Å². The topological polar surface area (TPSA) is 8.17 Å². The molecule has 0 unspecified atom stereocenters. The first kappa shape index (κ1) is 30.0. The number of fused-ring (bicyclic) bond motifs is 5. The molecule has 0 fully saturated rings. The van der Waals surface area contributed by atoms with Crippen molar-refractivity contribution in [3.8, 4) is 27.9 Å². The van der Waals surface area contributed by atoms with Gasteiger partial charge in [-0.05, 0) is 98.9 Å². The van der Waals surface area contributed by atoms with E-state index < -0.39 is 0 Å². The second-order valence-electron chi connectivity index (χ2n) is 13.4. The molecule has 0 amide bonds. The molecular formula is C50H34N2. The Morgan fingerprint density at radius 2 is 0.942 bits per heavy atom. The fraction of sp³-hybridized carbons (Fsp3) is 0. The standard InChI is InChI=1S/C50H34N2/c1-3-18-41(19-4-1)51(43-30-31-46-45-22-11-12-24-47(45)52(49(46)34-43)42-20-5-2-6-21-42)48-25-13-23-44(39-28-26-35-14-7-9-16-37(35)32-39)50(48)40-29-27-36-15-8-10-17-38(36)33-40/h1-34H. The molecule has 0 atom stereocenters. The van der Waals surface area contributed by atoms with Gasteiger partial charge < -0.3 is 9.47 Å². The highest BCUT2D eigenvalue weighted by Crippen LogP contribution is 2.47. The predicted octanol–water partition coefficient (Wildman–Crippen LogP) is 13.9. The van der Waals surface area contributed by atoms with Crippen LogP contribution >= 0.6 is 0 Å². The van der Waals surface area contributed by atoms with Gasteiger partial charge in [0.1, 0.15) is 0 Å². The molecule has 52 heavy (non-hydrogen) atoms. The highest BCUT2D eigenvalue weighted by atomic mass is 15.1. The highest BCUT2D eigenvalue weighted by Gasteiger charge is 2.22. The third-order valence-corrected chi connectivity index (χ3v) is 10.3. The third kappa shape index (κ3) is 5.04. The number of para-hydroxylation sites is 3. The zero-order valence-corrected chi connectivity index (χ0v) is 28.5. The second-order valence-corrected chi connectivity index (χ2v) is 13.4. The largest absolute Gasteiger partial charge is 0.310 e. The summed E-state index contributed by atoms with van der Waals surface area (Å²) in [5.74, 6) is 0. The summed E-state index contributed by atoms with van der Waals surface area (Å²) in [6.07, 6.45) is 0. The van der Waals surface area contributed by atoms with Crippen molar-refractivity contribution < 1.29 is 0 Å². The molecule has 0 saturated carbocycles. The lowest BCUT2D eigenvalue weighted by Crippen LogP contribution is -2.12. The molecule has 2 heteroatoms. The van der Waals surface area contributed by atoms with E-state index in [2.05, 4.69) is 216 Å². The van der Waals surface area contributed by atoms with Crippen molar-refractivity contribution in [3.63, 3.8) is 0 Å². The van der Waals surface area contributed by atoms with E-state index in [1.807, 2.05) is 0 Å². The Morgan fingerprint density at radius 3 is 1.69 bits per heavy atom. The van der Waals surface area contributed by atoms with Crippen molar-refractivity contribution in [3.05, 3.63) is 206 Å². The first-order chi connectivity index (χ1) is 25.8. The Kier molecular flexibility index (Phi) is 7.18. The Morgan fingerprint density at radius 1 is 0.346 bits per heavy atom. The van der Waals surface area contributed by atoms with Gasteiger partial charge in [0.05, 0.1) is 16.7 Å². The summed E-state index contributed by atoms with van der Waals surface area (Å²) in [7, 11) is 0. The fourth-order valence-corrected chi connectivity index (χ4v) is 7.93. The number of aromatic nitrogens is 1. The normalized spacial score (nSPS) is 11.5. The lowest BCUT2D eigenvalue weighted by Gasteiger charge is -2.29. The van der Waals surface area contributed by atoms with Crippen molar-refractivity contribution in [2.45, 2.75) is 0 Å². The minimum Gasteiger partial charge on any atom is -0.310 e. The lowest BCUT2D eigenvalue weighted by atomic mass is 9.90. The summed E-state index contributed by atoms with van der Waals surface area (Å²) < 4.78 is 2.40. The molecule has 1 aromatic heterocycles. The maximum Gasteiger partial charge on any atom is 0.0561 e. The van der Waals surface area contributed by atoms with Gasteiger partial charge in [-0.15, -0.1) is 0 Å². The molecule has 244 valence electrons. The Bertz CT molecular complexity index is 2900. The van der Waals surface area contributed by atoms with Crippen LogP contribution in [-0.4, -0.2) is 4.57 Å². The van der Waals surface area contributed by atoms with E-state index in [-0.39, 0.29) is 0 Å². The molecule has 9 aromatic carbocycles. The SMILES string of the molecule is c1ccc(N(c2ccc3c4ccccc4n(-c4ccccc4)c3c2)c2cccc(-c3ccc4ccccc4c3)c2-c2ccc3ccccc3c2)cc1. The summed E-state index contributed by atoms with van der Waals surface area (Å²) in [6, 6.07) is 74.9. The molecule has 0 aliphatic rings. The van der Waals surface area contributed by atoms with Crippen LogP contribution in [0.4, 0.5) is 17.1 Å². The molecule has 0 N–H and O–H groups in total. The van der Waals surface area contributed by atoms with Gasteiger partial charge in [0.25, 0.3) is 0 Å². The Hall–Kier alpha value is -6.90. The van der Waals surface area contributed by atoms with E-state index >= 15 is 0 Å². The molecule has 1 heterocycles. The minimum absolute atomic E-state index is 1.09. The lowest BCUT2D eigenvalue weighted by molar-refractivity contribution is 1.18. The van der Waals surface area contributed by atoms with Crippen LogP contribution in [0.25, 0.3) is 71.3 Å². The molecule has 10 aromatic rings. The summed E-state index contributed by atoms with van der Waals surface area (Å²) >= 11 is 0. The first-order valence-electron chi connectivity index (χ1n) is 17.9. The van der Waals surface area contributed by atoms with Gasteiger partial charge in [-0.1, -0.05) is 146 Å². The van der Waals surface area contributed by atoms with Crippen LogP contribution < -0.4 is 4.90 Å². The van der Waals surface area contributed by atoms with Gasteiger partial charge in [0.15, 0.2) is 0 Å². The molecule has 0 aliphatic heterocycles. The Labute approximate surface area is 303 Å². The summed E-state index contributed by atoms with van der Waals surface area (Å²) in [4.78, 5) is 2.43. The second kappa shape index (κ2) is 12.5. The van der Waals surface area contributed by atoms with Crippen molar-refractivity contribution in [1.82, 2.24) is 4.57 Å². The van der Waals surface area contributed by atoms with Crippen molar-refractivity contribution in [2.24, 2.45) is 0 Å². The maximum absolute atomic E-state index is 2.43. The van der Waals surface area contributed by atoms with Crippen LogP contribution in [0.1, 0.15) is 0 Å². The smallest absolute Gasteiger partial charge is 0.0561 e. The third-order valence-electron chi connectivity index (χ3n) is 10.3. The molecule has 2 nitrogen and oxygen atoms in total. The molecule has 0 spiro atoms. The average Bonchev–Trinajstić information content (AvgIpc) is 3.55. The Balaban J connectivity index is 1.27. The van der Waals surface area contributed by atoms with Gasteiger partial charge in [-0.3, -0.25) is 0 Å². The average molecular weight is 663 g/mol.